The van der Waals surface area contributed by atoms with Crippen molar-refractivity contribution in [1.29, 1.82) is 0 Å². The van der Waals surface area contributed by atoms with Crippen LogP contribution in [-0.2, 0) is 47.7 Å². The summed E-state index contributed by atoms with van der Waals surface area (Å²) in [6, 6.07) is 27.5. The first kappa shape index (κ1) is 71.8. The SMILES string of the molecule is CO.Cc1ccc(OCC=O)c(Cl)c1.O=C(COc1ccc(Cl)cc1Cl)OC1CC(OC(=O)COc2ccc(Cl)cc2Cl)C(OC(=O)COc2ccc(Cl)cc2Cl)C(OC(=O)COc2ccc(Cl)cc2Cl)C1.O=C(O)COc1ccc(Cl)cc1Cl. The molecule has 0 saturated heterocycles. The Labute approximate surface area is 541 Å². The van der Waals surface area contributed by atoms with Gasteiger partial charge in [0.1, 0.15) is 59.4 Å². The summed E-state index contributed by atoms with van der Waals surface area (Å²) in [4.78, 5) is 73.0. The first-order valence-corrected chi connectivity index (χ1v) is 28.3. The number of ether oxygens (including phenoxy) is 10. The van der Waals surface area contributed by atoms with E-state index in [0.29, 0.717) is 52.9 Å². The van der Waals surface area contributed by atoms with Gasteiger partial charge in [-0.05, 0) is 116 Å². The number of carbonyl (C=O) groups excluding carboxylic acids is 5. The van der Waals surface area contributed by atoms with Crippen LogP contribution in [0.3, 0.4) is 0 Å². The first-order valence-electron chi connectivity index (χ1n) is 24.1. The maximum absolute atomic E-state index is 13.3. The van der Waals surface area contributed by atoms with E-state index in [1.54, 1.807) is 18.2 Å². The number of aldehydes is 1. The molecule has 1 aliphatic rings. The van der Waals surface area contributed by atoms with Crippen molar-refractivity contribution in [3.05, 3.63) is 170 Å². The molecule has 1 aliphatic carbocycles. The van der Waals surface area contributed by atoms with Gasteiger partial charge in [0, 0.05) is 45.1 Å². The van der Waals surface area contributed by atoms with Crippen LogP contribution in [0.15, 0.2) is 109 Å². The third-order valence-electron chi connectivity index (χ3n) is 10.5. The topological polar surface area (TPSA) is 235 Å². The molecule has 456 valence electrons. The second-order valence-electron chi connectivity index (χ2n) is 16.7. The predicted octanol–water partition coefficient (Wildman–Crippen LogP) is 14.3. The van der Waals surface area contributed by atoms with E-state index in [2.05, 4.69) is 0 Å². The van der Waals surface area contributed by atoms with Crippen molar-refractivity contribution in [2.24, 2.45) is 0 Å². The Hall–Kier alpha value is -5.71. The molecule has 29 heteroatoms. The van der Waals surface area contributed by atoms with Gasteiger partial charge in [-0.2, -0.15) is 0 Å². The molecule has 0 aliphatic heterocycles. The van der Waals surface area contributed by atoms with Gasteiger partial charge in [0.15, 0.2) is 45.4 Å². The van der Waals surface area contributed by atoms with Crippen molar-refractivity contribution in [1.82, 2.24) is 0 Å². The highest BCUT2D eigenvalue weighted by molar-refractivity contribution is 6.38. The third kappa shape index (κ3) is 25.6. The number of aliphatic hydroxyl groups is 1. The number of benzene rings is 6. The number of halogens is 11. The standard InChI is InChI=1S/C38H28Cl8O12.C9H9ClO2.C8H6Cl2O3.CH4O/c39-19-1-5-28(24(43)9-19)51-15-34(47)55-23-13-32(56-35(48)16-52-29-6-2-20(40)10-25(29)44)38(58-37(50)18-54-31-8-4-22(42)12-27(31)46)33(14-23)57-36(49)17-53-30-7-3-21(41)11-26(30)45;1-7-2-3-9(8(10)6-7)12-5-4-11;9-5-1-2-7(6(10)3-5)13-4-8(11)12;1-2/h1-12,23,32-33,38H,13-18H2;2-4,6H,5H2,1H3;1-3H,4H2,(H,11,12);2H,1H3. The van der Waals surface area contributed by atoms with Crippen LogP contribution in [0.25, 0.3) is 0 Å². The summed E-state index contributed by atoms with van der Waals surface area (Å²) in [5, 5.41) is 18.5. The van der Waals surface area contributed by atoms with E-state index < -0.39 is 87.3 Å². The molecular weight excluding hydrogens is 1350 g/mol. The zero-order valence-corrected chi connectivity index (χ0v) is 52.3. The zero-order chi connectivity index (χ0) is 62.8. The Balaban J connectivity index is 0.000000467. The quantitative estimate of drug-likeness (QED) is 0.0365. The molecule has 7 rings (SSSR count). The van der Waals surface area contributed by atoms with Crippen molar-refractivity contribution >= 4 is 164 Å². The number of carbonyl (C=O) groups is 6. The van der Waals surface area contributed by atoms with Gasteiger partial charge in [0.2, 0.25) is 0 Å². The Morgan fingerprint density at radius 3 is 1.00 bits per heavy atom. The fourth-order valence-corrected chi connectivity index (χ4v) is 9.51. The molecule has 0 radical (unpaired) electrons. The number of aliphatic hydroxyl groups excluding tert-OH is 1. The van der Waals surface area contributed by atoms with Gasteiger partial charge in [-0.3, -0.25) is 4.79 Å². The van der Waals surface area contributed by atoms with Gasteiger partial charge in [0.25, 0.3) is 0 Å². The molecule has 2 N–H and O–H groups in total. The minimum atomic E-state index is -1.48. The molecule has 0 bridgehead atoms. The average Bonchev–Trinajstić information content (AvgIpc) is 3.58. The number of hydrogen-bond acceptors (Lipinski definition) is 17. The highest BCUT2D eigenvalue weighted by Crippen LogP contribution is 2.35. The van der Waals surface area contributed by atoms with Crippen molar-refractivity contribution in [2.45, 2.75) is 44.2 Å². The Morgan fingerprint density at radius 2 is 0.694 bits per heavy atom. The van der Waals surface area contributed by atoms with E-state index in [1.807, 2.05) is 13.0 Å². The van der Waals surface area contributed by atoms with Crippen molar-refractivity contribution < 1.29 is 86.3 Å². The van der Waals surface area contributed by atoms with E-state index >= 15 is 0 Å². The van der Waals surface area contributed by atoms with Gasteiger partial charge in [-0.15, -0.1) is 0 Å². The molecule has 85 heavy (non-hydrogen) atoms. The third-order valence-corrected chi connectivity index (χ3v) is 13.4. The van der Waals surface area contributed by atoms with Crippen molar-refractivity contribution in [2.75, 3.05) is 46.8 Å². The summed E-state index contributed by atoms with van der Waals surface area (Å²) >= 11 is 65.7. The molecule has 6 aromatic rings. The highest BCUT2D eigenvalue weighted by atomic mass is 35.5. The number of carboxylic acids is 1. The van der Waals surface area contributed by atoms with Crippen LogP contribution >= 0.6 is 128 Å². The Kier molecular flexibility index (Phi) is 31.3. The molecule has 1 fully saturated rings. The van der Waals surface area contributed by atoms with Crippen LogP contribution in [0.1, 0.15) is 18.4 Å². The molecule has 6 aromatic carbocycles. The average molecular weight is 1400 g/mol. The van der Waals surface area contributed by atoms with Crippen LogP contribution in [0.5, 0.6) is 34.5 Å². The van der Waals surface area contributed by atoms with Crippen molar-refractivity contribution in [3.8, 4) is 34.5 Å². The van der Waals surface area contributed by atoms with Crippen LogP contribution in [0.2, 0.25) is 55.2 Å². The first-order chi connectivity index (χ1) is 40.5. The molecule has 2 atom stereocenters. The summed E-state index contributed by atoms with van der Waals surface area (Å²) in [6.45, 7) is -1.05. The number of aryl methyl sites for hydroxylation is 1. The lowest BCUT2D eigenvalue weighted by molar-refractivity contribution is -0.205. The van der Waals surface area contributed by atoms with Crippen LogP contribution in [-0.4, -0.2) is 118 Å². The van der Waals surface area contributed by atoms with Crippen molar-refractivity contribution in [3.63, 3.8) is 0 Å². The molecule has 0 amide bonds. The summed E-state index contributed by atoms with van der Waals surface area (Å²) in [7, 11) is 1.00. The minimum Gasteiger partial charge on any atom is -0.485 e. The van der Waals surface area contributed by atoms with E-state index in [9.17, 15) is 28.8 Å². The number of hydrogen-bond donors (Lipinski definition) is 2. The van der Waals surface area contributed by atoms with E-state index in [0.717, 1.165) is 12.7 Å². The largest absolute Gasteiger partial charge is 0.485 e. The molecule has 1 saturated carbocycles. The summed E-state index contributed by atoms with van der Waals surface area (Å²) < 4.78 is 54.9. The van der Waals surface area contributed by atoms with E-state index in [1.165, 1.54) is 84.9 Å². The van der Waals surface area contributed by atoms with Gasteiger partial charge in [-0.25, -0.2) is 24.0 Å². The van der Waals surface area contributed by atoms with E-state index in [4.69, 9.17) is 185 Å². The van der Waals surface area contributed by atoms with Gasteiger partial charge < -0.3 is 57.6 Å². The summed E-state index contributed by atoms with van der Waals surface area (Å²) in [6.07, 6.45) is -5.17. The lowest BCUT2D eigenvalue weighted by Crippen LogP contribution is -2.53. The normalized spacial score (nSPS) is 14.8. The predicted molar refractivity (Wildman–Crippen MR) is 322 cm³/mol. The minimum absolute atomic E-state index is 0.0444. The molecule has 0 heterocycles. The van der Waals surface area contributed by atoms with Gasteiger partial charge >= 0.3 is 29.8 Å². The lowest BCUT2D eigenvalue weighted by Gasteiger charge is -2.39. The number of aliphatic carboxylic acids is 1. The smallest absolute Gasteiger partial charge is 0.344 e. The molecular formula is C56H47Cl11O18. The fourth-order valence-electron chi connectivity index (χ4n) is 6.91. The second kappa shape index (κ2) is 37.1. The second-order valence-corrected chi connectivity index (χ2v) is 21.3. The number of rotatable bonds is 22. The zero-order valence-electron chi connectivity index (χ0n) is 44.0. The molecule has 18 nitrogen and oxygen atoms in total. The van der Waals surface area contributed by atoms with Crippen LogP contribution in [0, 0.1) is 6.92 Å². The Morgan fingerprint density at radius 1 is 0.412 bits per heavy atom. The summed E-state index contributed by atoms with van der Waals surface area (Å²) in [5.41, 5.74) is 1.07. The number of carboxylic acid groups (broad SMARTS) is 1. The van der Waals surface area contributed by atoms with Crippen LogP contribution in [0.4, 0.5) is 0 Å². The van der Waals surface area contributed by atoms with Crippen LogP contribution < -0.4 is 28.4 Å². The van der Waals surface area contributed by atoms with E-state index in [-0.39, 0.29) is 62.5 Å². The molecule has 0 aromatic heterocycles. The monoisotopic (exact) mass is 1390 g/mol. The molecule has 0 spiro atoms. The van der Waals surface area contributed by atoms with Gasteiger partial charge in [0.05, 0.1) is 30.1 Å². The molecule has 2 unspecified atom stereocenters. The Bertz CT molecular complexity index is 3170. The highest BCUT2D eigenvalue weighted by Gasteiger charge is 2.46. The summed E-state index contributed by atoms with van der Waals surface area (Å²) in [5.74, 6) is -3.44. The maximum Gasteiger partial charge on any atom is 0.344 e. The van der Waals surface area contributed by atoms with Gasteiger partial charge in [-0.1, -0.05) is 134 Å². The maximum atomic E-state index is 13.3. The number of esters is 4. The fraction of sp³-hybridized carbons (Fsp3) is 0.250. The lowest BCUT2D eigenvalue weighted by atomic mass is 9.89.